The van der Waals surface area contributed by atoms with E-state index in [1.54, 1.807) is 36.0 Å². The van der Waals surface area contributed by atoms with E-state index in [0.29, 0.717) is 30.4 Å². The number of nitrogens with one attached hydrogen (secondary N) is 1. The molecule has 124 valence electrons. The van der Waals surface area contributed by atoms with Crippen molar-refractivity contribution in [2.45, 2.75) is 11.0 Å². The number of sulfonamides is 1. The van der Waals surface area contributed by atoms with Crippen LogP contribution in [0.15, 0.2) is 41.4 Å². The van der Waals surface area contributed by atoms with Gasteiger partial charge in [0.15, 0.2) is 11.5 Å². The molecule has 0 amide bonds. The number of hydrogen-bond acceptors (Lipinski definition) is 5. The Labute approximate surface area is 134 Å². The first-order chi connectivity index (χ1) is 11.0. The van der Waals surface area contributed by atoms with Gasteiger partial charge in [-0.25, -0.2) is 13.1 Å². The van der Waals surface area contributed by atoms with Gasteiger partial charge in [0.05, 0.1) is 4.90 Å². The van der Waals surface area contributed by atoms with E-state index in [2.05, 4.69) is 4.72 Å². The molecular formula is C15H18N2O5S. The largest absolute Gasteiger partial charge is 0.486 e. The van der Waals surface area contributed by atoms with Crippen LogP contribution in [0.2, 0.25) is 0 Å². The van der Waals surface area contributed by atoms with Crippen molar-refractivity contribution in [2.24, 2.45) is 7.05 Å². The monoisotopic (exact) mass is 338 g/mol. The summed E-state index contributed by atoms with van der Waals surface area (Å²) in [4.78, 5) is 0.0702. The number of fused-ring (bicyclic) bond motifs is 1. The number of aromatic nitrogens is 1. The molecule has 0 bridgehead atoms. The van der Waals surface area contributed by atoms with Crippen LogP contribution in [0.25, 0.3) is 0 Å². The number of hydrogen-bond donors (Lipinski definition) is 2. The highest BCUT2D eigenvalue weighted by molar-refractivity contribution is 7.89. The van der Waals surface area contributed by atoms with Crippen molar-refractivity contribution in [3.63, 3.8) is 0 Å². The van der Waals surface area contributed by atoms with E-state index in [1.807, 2.05) is 0 Å². The van der Waals surface area contributed by atoms with E-state index in [4.69, 9.17) is 9.47 Å². The van der Waals surface area contributed by atoms with Crippen LogP contribution in [-0.2, 0) is 17.1 Å². The van der Waals surface area contributed by atoms with Crippen molar-refractivity contribution in [2.75, 3.05) is 19.8 Å². The highest BCUT2D eigenvalue weighted by atomic mass is 32.2. The number of benzene rings is 1. The lowest BCUT2D eigenvalue weighted by molar-refractivity contribution is 0.171. The zero-order valence-electron chi connectivity index (χ0n) is 12.6. The maximum absolute atomic E-state index is 12.4. The van der Waals surface area contributed by atoms with Gasteiger partial charge in [-0.05, 0) is 24.3 Å². The van der Waals surface area contributed by atoms with E-state index < -0.39 is 16.1 Å². The fraction of sp³-hybridized carbons (Fsp3) is 0.333. The zero-order chi connectivity index (χ0) is 16.4. The highest BCUT2D eigenvalue weighted by Crippen LogP contribution is 2.32. The van der Waals surface area contributed by atoms with Crippen LogP contribution >= 0.6 is 0 Å². The van der Waals surface area contributed by atoms with Crippen LogP contribution < -0.4 is 14.2 Å². The quantitative estimate of drug-likeness (QED) is 0.842. The number of nitrogens with zero attached hydrogens (tertiary/aromatic N) is 1. The molecule has 1 atom stereocenters. The van der Waals surface area contributed by atoms with Crippen LogP contribution in [0.1, 0.15) is 11.8 Å². The summed E-state index contributed by atoms with van der Waals surface area (Å²) in [6.07, 6.45) is 0.857. The fourth-order valence-corrected chi connectivity index (χ4v) is 3.44. The molecule has 0 radical (unpaired) electrons. The van der Waals surface area contributed by atoms with Gasteiger partial charge in [-0.1, -0.05) is 0 Å². The Morgan fingerprint density at radius 3 is 2.70 bits per heavy atom. The van der Waals surface area contributed by atoms with Gasteiger partial charge >= 0.3 is 0 Å². The lowest BCUT2D eigenvalue weighted by Crippen LogP contribution is -2.29. The number of ether oxygens (including phenoxy) is 2. The number of rotatable bonds is 5. The van der Waals surface area contributed by atoms with Gasteiger partial charge in [0.1, 0.15) is 19.3 Å². The fourth-order valence-electron chi connectivity index (χ4n) is 2.39. The molecule has 0 spiro atoms. The second-order valence-corrected chi connectivity index (χ2v) is 6.98. The van der Waals surface area contributed by atoms with Gasteiger partial charge in [-0.3, -0.25) is 0 Å². The molecular weight excluding hydrogens is 320 g/mol. The third-order valence-corrected chi connectivity index (χ3v) is 5.04. The Morgan fingerprint density at radius 1 is 1.26 bits per heavy atom. The topological polar surface area (TPSA) is 89.8 Å². The van der Waals surface area contributed by atoms with Crippen LogP contribution in [0.3, 0.4) is 0 Å². The highest BCUT2D eigenvalue weighted by Gasteiger charge is 2.21. The van der Waals surface area contributed by atoms with Crippen LogP contribution in [-0.4, -0.2) is 37.8 Å². The van der Waals surface area contributed by atoms with Crippen LogP contribution in [0.5, 0.6) is 11.5 Å². The molecule has 2 N–H and O–H groups in total. The van der Waals surface area contributed by atoms with Gasteiger partial charge in [0, 0.05) is 31.5 Å². The van der Waals surface area contributed by atoms with E-state index in [-0.39, 0.29) is 11.4 Å². The first-order valence-corrected chi connectivity index (χ1v) is 8.64. The Morgan fingerprint density at radius 2 is 2.00 bits per heavy atom. The Balaban J connectivity index is 1.73. The smallest absolute Gasteiger partial charge is 0.240 e. The molecule has 1 aliphatic heterocycles. The lowest BCUT2D eigenvalue weighted by Gasteiger charge is -2.19. The van der Waals surface area contributed by atoms with Crippen molar-refractivity contribution in [1.82, 2.24) is 9.29 Å². The standard InChI is InChI=1S/C15H18N2O5S/c1-17-6-2-3-12(17)13(18)10-16-23(19,20)11-4-5-14-15(9-11)22-8-7-21-14/h2-6,9,13,16,18H,7-8,10H2,1H3/t13-/m0/s1. The van der Waals surface area contributed by atoms with E-state index >= 15 is 0 Å². The van der Waals surface area contributed by atoms with E-state index in [9.17, 15) is 13.5 Å². The van der Waals surface area contributed by atoms with Crippen molar-refractivity contribution >= 4 is 10.0 Å². The van der Waals surface area contributed by atoms with Gasteiger partial charge in [-0.2, -0.15) is 0 Å². The van der Waals surface area contributed by atoms with E-state index in [1.165, 1.54) is 12.1 Å². The average molecular weight is 338 g/mol. The summed E-state index contributed by atoms with van der Waals surface area (Å²) in [6, 6.07) is 7.96. The molecule has 2 heterocycles. The molecule has 2 aromatic rings. The second-order valence-electron chi connectivity index (χ2n) is 5.22. The molecule has 0 saturated carbocycles. The summed E-state index contributed by atoms with van der Waals surface area (Å²) < 4.78 is 39.6. The second kappa shape index (κ2) is 6.23. The minimum atomic E-state index is -3.75. The first-order valence-electron chi connectivity index (χ1n) is 7.16. The maximum Gasteiger partial charge on any atom is 0.240 e. The summed E-state index contributed by atoms with van der Waals surface area (Å²) >= 11 is 0. The normalized spacial score (nSPS) is 15.4. The van der Waals surface area contributed by atoms with Crippen molar-refractivity contribution in [3.8, 4) is 11.5 Å². The third kappa shape index (κ3) is 3.34. The summed E-state index contributed by atoms with van der Waals surface area (Å²) in [5.74, 6) is 0.932. The summed E-state index contributed by atoms with van der Waals surface area (Å²) in [6.45, 7) is 0.713. The van der Waals surface area contributed by atoms with Gasteiger partial charge < -0.3 is 19.1 Å². The molecule has 0 unspecified atom stereocenters. The van der Waals surface area contributed by atoms with Gasteiger partial charge in [-0.15, -0.1) is 0 Å². The predicted octanol–water partition coefficient (Wildman–Crippen LogP) is 0.808. The predicted molar refractivity (Wildman–Crippen MR) is 83.0 cm³/mol. The summed E-state index contributed by atoms with van der Waals surface area (Å²) in [5.41, 5.74) is 0.634. The number of aliphatic hydroxyl groups excluding tert-OH is 1. The Bertz CT molecular complexity index is 800. The van der Waals surface area contributed by atoms with Crippen molar-refractivity contribution < 1.29 is 23.0 Å². The zero-order valence-corrected chi connectivity index (χ0v) is 13.4. The Hall–Kier alpha value is -2.03. The minimum Gasteiger partial charge on any atom is -0.486 e. The van der Waals surface area contributed by atoms with Gasteiger partial charge in [0.25, 0.3) is 0 Å². The van der Waals surface area contributed by atoms with Crippen molar-refractivity contribution in [3.05, 3.63) is 42.2 Å². The molecule has 1 aromatic carbocycles. The maximum atomic E-state index is 12.4. The van der Waals surface area contributed by atoms with E-state index in [0.717, 1.165) is 0 Å². The molecule has 0 saturated heterocycles. The molecule has 0 aliphatic carbocycles. The molecule has 23 heavy (non-hydrogen) atoms. The molecule has 3 rings (SSSR count). The molecule has 7 nitrogen and oxygen atoms in total. The van der Waals surface area contributed by atoms with Crippen LogP contribution in [0.4, 0.5) is 0 Å². The Kier molecular flexibility index (Phi) is 4.29. The summed E-state index contributed by atoms with van der Waals surface area (Å²) in [5, 5.41) is 10.1. The first kappa shape index (κ1) is 15.9. The summed E-state index contributed by atoms with van der Waals surface area (Å²) in [7, 11) is -1.96. The minimum absolute atomic E-state index is 0.0702. The third-order valence-electron chi connectivity index (χ3n) is 3.62. The van der Waals surface area contributed by atoms with Crippen molar-refractivity contribution in [1.29, 1.82) is 0 Å². The lowest BCUT2D eigenvalue weighted by atomic mass is 10.2. The van der Waals surface area contributed by atoms with Gasteiger partial charge in [0.2, 0.25) is 10.0 Å². The molecule has 1 aromatic heterocycles. The number of aryl methyl sites for hydroxylation is 1. The van der Waals surface area contributed by atoms with Crippen LogP contribution in [0, 0.1) is 0 Å². The SMILES string of the molecule is Cn1cccc1[C@@H](O)CNS(=O)(=O)c1ccc2c(c1)OCCO2. The molecule has 0 fully saturated rings. The molecule has 1 aliphatic rings. The average Bonchev–Trinajstić information content (AvgIpc) is 2.98. The molecule has 8 heteroatoms. The number of aliphatic hydroxyl groups is 1.